The molecule has 0 N–H and O–H groups in total. The molecule has 1 aliphatic rings. The molecule has 1 heterocycles. The maximum absolute atomic E-state index is 14.3. The zero-order valence-corrected chi connectivity index (χ0v) is 9.88. The Kier molecular flexibility index (Phi) is 3.20. The van der Waals surface area contributed by atoms with Gasteiger partial charge in [-0.15, -0.1) is 0 Å². The number of alkyl halides is 4. The fourth-order valence-electron chi connectivity index (χ4n) is 1.97. The Hall–Kier alpha value is -1.72. The molecule has 0 spiro atoms. The molecule has 1 aromatic rings. The van der Waals surface area contributed by atoms with Crippen LogP contribution >= 0.6 is 0 Å². The smallest absolute Gasteiger partial charge is 0.261 e. The van der Waals surface area contributed by atoms with E-state index in [9.17, 15) is 22.0 Å². The van der Waals surface area contributed by atoms with E-state index in [2.05, 4.69) is 4.98 Å². The number of hydrogen-bond donors (Lipinski definition) is 0. The maximum Gasteiger partial charge on any atom is 0.427 e. The molecule has 6 heteroatoms. The van der Waals surface area contributed by atoms with Crippen LogP contribution in [0.1, 0.15) is 17.2 Å². The summed E-state index contributed by atoms with van der Waals surface area (Å²) in [5.41, 5.74) is -3.22. The number of allylic oxidation sites excluding steroid dienone is 4. The summed E-state index contributed by atoms with van der Waals surface area (Å²) in [5, 5.41) is 0. The predicted octanol–water partition coefficient (Wildman–Crippen LogP) is 4.17. The molecule has 1 aromatic heterocycles. The van der Waals surface area contributed by atoms with Crippen LogP contribution in [0.4, 0.5) is 22.0 Å². The first-order chi connectivity index (χ1) is 8.74. The Balaban J connectivity index is 2.53. The highest BCUT2D eigenvalue weighted by Crippen LogP contribution is 2.48. The van der Waals surface area contributed by atoms with Crippen molar-refractivity contribution in [1.29, 1.82) is 0 Å². The quantitative estimate of drug-likeness (QED) is 0.701. The van der Waals surface area contributed by atoms with Crippen molar-refractivity contribution < 1.29 is 22.0 Å². The molecule has 2 unspecified atom stereocenters. The summed E-state index contributed by atoms with van der Waals surface area (Å²) in [6.07, 6.45) is -2.29. The average molecular weight is 275 g/mol. The minimum Gasteiger partial charge on any atom is -0.261 e. The molecule has 0 aromatic carbocycles. The van der Waals surface area contributed by atoms with Gasteiger partial charge in [-0.3, -0.25) is 4.98 Å². The number of aryl methyl sites for hydroxylation is 1. The largest absolute Gasteiger partial charge is 0.427 e. The van der Waals surface area contributed by atoms with Crippen LogP contribution in [-0.4, -0.2) is 16.8 Å². The number of halogens is 5. The highest BCUT2D eigenvalue weighted by molar-refractivity contribution is 5.37. The van der Waals surface area contributed by atoms with Crippen molar-refractivity contribution in [2.75, 3.05) is 0 Å². The van der Waals surface area contributed by atoms with Gasteiger partial charge in [-0.2, -0.15) is 13.2 Å². The first kappa shape index (κ1) is 13.7. The van der Waals surface area contributed by atoms with Crippen LogP contribution in [0.5, 0.6) is 0 Å². The third-order valence-electron chi connectivity index (χ3n) is 2.94. The molecule has 0 fully saturated rings. The normalized spacial score (nSPS) is 27.3. The van der Waals surface area contributed by atoms with Crippen molar-refractivity contribution in [3.8, 4) is 0 Å². The average Bonchev–Trinajstić information content (AvgIpc) is 2.27. The third kappa shape index (κ3) is 2.39. The molecule has 0 saturated carbocycles. The van der Waals surface area contributed by atoms with Crippen LogP contribution in [0.25, 0.3) is 0 Å². The van der Waals surface area contributed by atoms with Gasteiger partial charge in [0.1, 0.15) is 5.83 Å². The predicted molar refractivity (Wildman–Crippen MR) is 59.9 cm³/mol. The van der Waals surface area contributed by atoms with Crippen LogP contribution in [0.15, 0.2) is 42.4 Å². The molecule has 102 valence electrons. The lowest BCUT2D eigenvalue weighted by Crippen LogP contribution is -2.45. The van der Waals surface area contributed by atoms with Gasteiger partial charge in [-0.05, 0) is 36.8 Å². The van der Waals surface area contributed by atoms with Gasteiger partial charge in [-0.1, -0.05) is 6.08 Å². The van der Waals surface area contributed by atoms with E-state index >= 15 is 0 Å². The first-order valence-electron chi connectivity index (χ1n) is 5.49. The molecule has 1 aliphatic carbocycles. The molecular weight excluding hydrogens is 265 g/mol. The van der Waals surface area contributed by atoms with E-state index < -0.39 is 23.6 Å². The van der Waals surface area contributed by atoms with E-state index in [4.69, 9.17) is 0 Å². The van der Waals surface area contributed by atoms with E-state index in [-0.39, 0.29) is 11.8 Å². The molecular formula is C13H10F5N. The standard InChI is InChI=1S/C13H10F5N/c1-8-4-5-19-11(6-8)10-3-2-9(14)7-12(10,15)13(16,17)18/h2-7,10H,1H3. The molecule has 2 rings (SSSR count). The minimum absolute atomic E-state index is 0.0400. The second kappa shape index (κ2) is 4.43. The summed E-state index contributed by atoms with van der Waals surface area (Å²) in [4.78, 5) is 3.75. The molecule has 0 amide bonds. The Bertz CT molecular complexity index is 546. The summed E-state index contributed by atoms with van der Waals surface area (Å²) in [7, 11) is 0. The summed E-state index contributed by atoms with van der Waals surface area (Å²) < 4.78 is 65.9. The van der Waals surface area contributed by atoms with Crippen molar-refractivity contribution in [3.05, 3.63) is 53.6 Å². The van der Waals surface area contributed by atoms with Gasteiger partial charge in [-0.25, -0.2) is 8.78 Å². The minimum atomic E-state index is -5.22. The second-order valence-corrected chi connectivity index (χ2v) is 4.39. The number of nitrogens with zero attached hydrogens (tertiary/aromatic N) is 1. The molecule has 0 aliphatic heterocycles. The lowest BCUT2D eigenvalue weighted by Gasteiger charge is -2.32. The van der Waals surface area contributed by atoms with Gasteiger partial charge >= 0.3 is 6.18 Å². The van der Waals surface area contributed by atoms with Crippen molar-refractivity contribution >= 4 is 0 Å². The highest BCUT2D eigenvalue weighted by atomic mass is 19.4. The van der Waals surface area contributed by atoms with Crippen molar-refractivity contribution in [2.45, 2.75) is 24.7 Å². The van der Waals surface area contributed by atoms with Crippen LogP contribution in [0.3, 0.4) is 0 Å². The Morgan fingerprint density at radius 1 is 1.32 bits per heavy atom. The summed E-state index contributed by atoms with van der Waals surface area (Å²) in [6.45, 7) is 1.65. The zero-order chi connectivity index (χ0) is 14.3. The van der Waals surface area contributed by atoms with Gasteiger partial charge < -0.3 is 0 Å². The van der Waals surface area contributed by atoms with E-state index in [1.165, 1.54) is 12.3 Å². The summed E-state index contributed by atoms with van der Waals surface area (Å²) >= 11 is 0. The van der Waals surface area contributed by atoms with Gasteiger partial charge in [0.15, 0.2) is 0 Å². The lowest BCUT2D eigenvalue weighted by atomic mass is 9.81. The maximum atomic E-state index is 14.3. The molecule has 0 bridgehead atoms. The van der Waals surface area contributed by atoms with Gasteiger partial charge in [0.25, 0.3) is 0 Å². The van der Waals surface area contributed by atoms with E-state index in [0.717, 1.165) is 12.2 Å². The number of hydrogen-bond acceptors (Lipinski definition) is 1. The molecule has 0 saturated heterocycles. The first-order valence-corrected chi connectivity index (χ1v) is 5.49. The Labute approximate surface area is 106 Å². The molecule has 19 heavy (non-hydrogen) atoms. The van der Waals surface area contributed by atoms with Gasteiger partial charge in [0.05, 0.1) is 11.6 Å². The SMILES string of the molecule is Cc1ccnc(C2C=CC(F)=CC2(F)C(F)(F)F)c1. The van der Waals surface area contributed by atoms with E-state index in [0.29, 0.717) is 5.56 Å². The Morgan fingerprint density at radius 3 is 2.58 bits per heavy atom. The number of pyridine rings is 1. The van der Waals surface area contributed by atoms with Crippen LogP contribution in [-0.2, 0) is 0 Å². The second-order valence-electron chi connectivity index (χ2n) is 4.39. The van der Waals surface area contributed by atoms with Crippen molar-refractivity contribution in [1.82, 2.24) is 4.98 Å². The van der Waals surface area contributed by atoms with Crippen LogP contribution < -0.4 is 0 Å². The fourth-order valence-corrected chi connectivity index (χ4v) is 1.97. The van der Waals surface area contributed by atoms with E-state index in [1.807, 2.05) is 0 Å². The molecule has 1 nitrogen and oxygen atoms in total. The highest BCUT2D eigenvalue weighted by Gasteiger charge is 2.60. The zero-order valence-electron chi connectivity index (χ0n) is 9.88. The summed E-state index contributed by atoms with van der Waals surface area (Å²) in [6, 6.07) is 2.94. The van der Waals surface area contributed by atoms with Gasteiger partial charge in [0.2, 0.25) is 5.67 Å². The molecule has 2 atom stereocenters. The monoisotopic (exact) mass is 275 g/mol. The van der Waals surface area contributed by atoms with Crippen LogP contribution in [0, 0.1) is 6.92 Å². The number of aromatic nitrogens is 1. The third-order valence-corrected chi connectivity index (χ3v) is 2.94. The summed E-state index contributed by atoms with van der Waals surface area (Å²) in [5.74, 6) is -2.93. The van der Waals surface area contributed by atoms with Crippen molar-refractivity contribution in [2.24, 2.45) is 0 Å². The van der Waals surface area contributed by atoms with E-state index in [1.54, 1.807) is 13.0 Å². The van der Waals surface area contributed by atoms with Gasteiger partial charge in [0, 0.05) is 6.20 Å². The Morgan fingerprint density at radius 2 is 2.00 bits per heavy atom. The van der Waals surface area contributed by atoms with Crippen molar-refractivity contribution in [3.63, 3.8) is 0 Å². The number of rotatable bonds is 1. The molecule has 0 radical (unpaired) electrons. The van der Waals surface area contributed by atoms with Crippen LogP contribution in [0.2, 0.25) is 0 Å². The topological polar surface area (TPSA) is 12.9 Å². The fraction of sp³-hybridized carbons (Fsp3) is 0.308. The lowest BCUT2D eigenvalue weighted by molar-refractivity contribution is -0.217.